The van der Waals surface area contributed by atoms with Crippen LogP contribution in [0, 0.1) is 0 Å². The zero-order valence-electron chi connectivity index (χ0n) is 12.7. The molecule has 1 amide bonds. The van der Waals surface area contributed by atoms with Gasteiger partial charge in [0.05, 0.1) is 11.6 Å². The summed E-state index contributed by atoms with van der Waals surface area (Å²) in [4.78, 5) is 17.0. The Kier molecular flexibility index (Phi) is 4.86. The second-order valence-corrected chi connectivity index (χ2v) is 6.76. The average molecular weight is 355 g/mol. The Morgan fingerprint density at radius 1 is 1.33 bits per heavy atom. The van der Waals surface area contributed by atoms with Gasteiger partial charge in [-0.2, -0.15) is 13.2 Å². The van der Waals surface area contributed by atoms with Crippen molar-refractivity contribution in [2.45, 2.75) is 31.5 Å². The van der Waals surface area contributed by atoms with Crippen LogP contribution in [-0.4, -0.2) is 23.5 Å². The van der Waals surface area contributed by atoms with Crippen molar-refractivity contribution in [3.63, 3.8) is 0 Å². The van der Waals surface area contributed by atoms with Crippen molar-refractivity contribution in [2.75, 3.05) is 11.9 Å². The number of anilines is 1. The van der Waals surface area contributed by atoms with Crippen molar-refractivity contribution in [3.05, 3.63) is 46.5 Å². The molecule has 0 bridgehead atoms. The number of nitrogens with zero attached hydrogens (tertiary/aromatic N) is 1. The molecule has 24 heavy (non-hydrogen) atoms. The third-order valence-electron chi connectivity index (χ3n) is 3.82. The zero-order valence-corrected chi connectivity index (χ0v) is 13.5. The Bertz CT molecular complexity index is 706. The van der Waals surface area contributed by atoms with E-state index < -0.39 is 11.7 Å². The molecule has 1 aliphatic rings. The maximum Gasteiger partial charge on any atom is 0.416 e. The number of hydrogen-bond donors (Lipinski definition) is 2. The number of benzene rings is 1. The third kappa shape index (κ3) is 4.12. The van der Waals surface area contributed by atoms with Crippen LogP contribution in [0.15, 0.2) is 30.5 Å². The molecule has 1 aromatic carbocycles. The highest BCUT2D eigenvalue weighted by atomic mass is 32.1. The first-order valence-corrected chi connectivity index (χ1v) is 8.38. The fourth-order valence-electron chi connectivity index (χ4n) is 2.56. The molecular formula is C16H16F3N3OS. The molecule has 0 unspecified atom stereocenters. The van der Waals surface area contributed by atoms with E-state index >= 15 is 0 Å². The first-order chi connectivity index (χ1) is 11.4. The monoisotopic (exact) mass is 355 g/mol. The highest BCUT2D eigenvalue weighted by Crippen LogP contribution is 2.30. The van der Waals surface area contributed by atoms with Crippen molar-refractivity contribution in [1.29, 1.82) is 0 Å². The maximum atomic E-state index is 12.5. The zero-order chi connectivity index (χ0) is 17.2. The Labute approximate surface area is 141 Å². The third-order valence-corrected chi connectivity index (χ3v) is 4.73. The van der Waals surface area contributed by atoms with Crippen LogP contribution in [0.1, 0.15) is 28.8 Å². The van der Waals surface area contributed by atoms with Gasteiger partial charge < -0.3 is 10.6 Å². The van der Waals surface area contributed by atoms with Crippen LogP contribution in [0.25, 0.3) is 0 Å². The number of carbonyl (C=O) groups is 1. The van der Waals surface area contributed by atoms with E-state index in [2.05, 4.69) is 15.6 Å². The van der Waals surface area contributed by atoms with E-state index in [1.807, 2.05) is 0 Å². The lowest BCUT2D eigenvalue weighted by Crippen LogP contribution is -2.35. The predicted octanol–water partition coefficient (Wildman–Crippen LogP) is 3.44. The van der Waals surface area contributed by atoms with E-state index in [9.17, 15) is 18.0 Å². The van der Waals surface area contributed by atoms with Gasteiger partial charge in [0.15, 0.2) is 5.13 Å². The number of amides is 1. The van der Waals surface area contributed by atoms with Gasteiger partial charge >= 0.3 is 6.18 Å². The number of rotatable bonds is 4. The van der Waals surface area contributed by atoms with Gasteiger partial charge in [-0.15, -0.1) is 11.3 Å². The fraction of sp³-hybridized carbons (Fsp3) is 0.375. The minimum Gasteiger partial charge on any atom is -0.306 e. The van der Waals surface area contributed by atoms with E-state index in [1.54, 1.807) is 6.20 Å². The first-order valence-electron chi connectivity index (χ1n) is 7.57. The van der Waals surface area contributed by atoms with E-state index in [0.717, 1.165) is 42.0 Å². The van der Waals surface area contributed by atoms with Gasteiger partial charge in [0.1, 0.15) is 0 Å². The minimum absolute atomic E-state index is 0.0945. The Hall–Kier alpha value is -1.93. The quantitative estimate of drug-likeness (QED) is 0.883. The second kappa shape index (κ2) is 6.90. The van der Waals surface area contributed by atoms with Crippen LogP contribution >= 0.6 is 11.3 Å². The normalized spacial score (nSPS) is 17.9. The van der Waals surface area contributed by atoms with Crippen LogP contribution in [0.3, 0.4) is 0 Å². The molecule has 3 rings (SSSR count). The SMILES string of the molecule is O=C(Nc1ncc(Cc2ccc(C(F)(F)F)cc2)s1)[C@H]1CCCN1. The van der Waals surface area contributed by atoms with Gasteiger partial charge in [-0.05, 0) is 37.1 Å². The van der Waals surface area contributed by atoms with Gasteiger partial charge in [-0.25, -0.2) is 4.98 Å². The highest BCUT2D eigenvalue weighted by molar-refractivity contribution is 7.15. The summed E-state index contributed by atoms with van der Waals surface area (Å²) in [6, 6.07) is 4.90. The molecule has 2 N–H and O–H groups in total. The van der Waals surface area contributed by atoms with Crippen LogP contribution < -0.4 is 10.6 Å². The Balaban J connectivity index is 1.60. The predicted molar refractivity (Wildman–Crippen MR) is 86.0 cm³/mol. The summed E-state index contributed by atoms with van der Waals surface area (Å²) >= 11 is 1.33. The van der Waals surface area contributed by atoms with Gasteiger partial charge in [0.25, 0.3) is 0 Å². The maximum absolute atomic E-state index is 12.5. The lowest BCUT2D eigenvalue weighted by molar-refractivity contribution is -0.137. The molecule has 1 aromatic heterocycles. The van der Waals surface area contributed by atoms with E-state index in [0.29, 0.717) is 11.6 Å². The van der Waals surface area contributed by atoms with Crippen LogP contribution in [-0.2, 0) is 17.4 Å². The van der Waals surface area contributed by atoms with Gasteiger partial charge in [-0.3, -0.25) is 4.79 Å². The van der Waals surface area contributed by atoms with Gasteiger partial charge in [0, 0.05) is 17.5 Å². The summed E-state index contributed by atoms with van der Waals surface area (Å²) in [6.45, 7) is 0.842. The van der Waals surface area contributed by atoms with Crippen molar-refractivity contribution in [2.24, 2.45) is 0 Å². The van der Waals surface area contributed by atoms with Crippen LogP contribution in [0.4, 0.5) is 18.3 Å². The molecule has 2 heterocycles. The molecule has 2 aromatic rings. The van der Waals surface area contributed by atoms with Crippen molar-refractivity contribution in [1.82, 2.24) is 10.3 Å². The molecule has 1 atom stereocenters. The van der Waals surface area contributed by atoms with Crippen LogP contribution in [0.5, 0.6) is 0 Å². The molecule has 0 radical (unpaired) electrons. The van der Waals surface area contributed by atoms with Crippen molar-refractivity contribution in [3.8, 4) is 0 Å². The summed E-state index contributed by atoms with van der Waals surface area (Å²) in [5, 5.41) is 6.40. The smallest absolute Gasteiger partial charge is 0.306 e. The molecule has 1 fully saturated rings. The summed E-state index contributed by atoms with van der Waals surface area (Å²) in [6.07, 6.45) is -0.410. The molecule has 1 aliphatic heterocycles. The number of aromatic nitrogens is 1. The standard InChI is InChI=1S/C16H16F3N3OS/c17-16(18,19)11-5-3-10(4-6-11)8-12-9-21-15(24-12)22-14(23)13-2-1-7-20-13/h3-6,9,13,20H,1-2,7-8H2,(H,21,22,23)/t13-/m1/s1. The number of hydrogen-bond acceptors (Lipinski definition) is 4. The minimum atomic E-state index is -4.32. The lowest BCUT2D eigenvalue weighted by atomic mass is 10.1. The lowest BCUT2D eigenvalue weighted by Gasteiger charge is -2.08. The highest BCUT2D eigenvalue weighted by Gasteiger charge is 2.30. The van der Waals surface area contributed by atoms with E-state index in [-0.39, 0.29) is 11.9 Å². The molecule has 8 heteroatoms. The number of thiazole rings is 1. The molecule has 0 saturated carbocycles. The first kappa shape index (κ1) is 16.9. The van der Waals surface area contributed by atoms with Crippen LogP contribution in [0.2, 0.25) is 0 Å². The van der Waals surface area contributed by atoms with Crippen molar-refractivity contribution < 1.29 is 18.0 Å². The number of alkyl halides is 3. The molecule has 0 spiro atoms. The number of halogens is 3. The Morgan fingerprint density at radius 3 is 2.71 bits per heavy atom. The second-order valence-electron chi connectivity index (χ2n) is 5.64. The Morgan fingerprint density at radius 2 is 2.08 bits per heavy atom. The molecule has 0 aliphatic carbocycles. The number of carbonyl (C=O) groups excluding carboxylic acids is 1. The van der Waals surface area contributed by atoms with E-state index in [1.165, 1.54) is 23.5 Å². The van der Waals surface area contributed by atoms with Crippen molar-refractivity contribution >= 4 is 22.4 Å². The summed E-state index contributed by atoms with van der Waals surface area (Å²) in [5.74, 6) is -0.0945. The van der Waals surface area contributed by atoms with Gasteiger partial charge in [0.2, 0.25) is 5.91 Å². The molecule has 1 saturated heterocycles. The fourth-order valence-corrected chi connectivity index (χ4v) is 3.41. The summed E-state index contributed by atoms with van der Waals surface area (Å²) < 4.78 is 37.6. The average Bonchev–Trinajstić information content (AvgIpc) is 3.19. The molecule has 4 nitrogen and oxygen atoms in total. The van der Waals surface area contributed by atoms with Gasteiger partial charge in [-0.1, -0.05) is 12.1 Å². The van der Waals surface area contributed by atoms with E-state index in [4.69, 9.17) is 0 Å². The molecule has 128 valence electrons. The largest absolute Gasteiger partial charge is 0.416 e. The number of nitrogens with one attached hydrogen (secondary N) is 2. The molecular weight excluding hydrogens is 339 g/mol. The topological polar surface area (TPSA) is 54.0 Å². The summed E-state index contributed by atoms with van der Waals surface area (Å²) in [5.41, 5.74) is 0.106. The summed E-state index contributed by atoms with van der Waals surface area (Å²) in [7, 11) is 0.